The van der Waals surface area contributed by atoms with Gasteiger partial charge in [0.15, 0.2) is 0 Å². The van der Waals surface area contributed by atoms with Crippen LogP contribution < -0.4 is 4.90 Å². The molecule has 1 unspecified atom stereocenters. The van der Waals surface area contributed by atoms with Crippen LogP contribution in [-0.2, 0) is 9.59 Å². The molecule has 5 heteroatoms. The second-order valence-corrected chi connectivity index (χ2v) is 6.97. The molecule has 5 nitrogen and oxygen atoms in total. The van der Waals surface area contributed by atoms with E-state index in [9.17, 15) is 9.59 Å². The summed E-state index contributed by atoms with van der Waals surface area (Å²) in [6, 6.07) is 9.76. The minimum absolute atomic E-state index is 0.124. The van der Waals surface area contributed by atoms with E-state index < -0.39 is 0 Å². The van der Waals surface area contributed by atoms with E-state index in [0.29, 0.717) is 24.8 Å². The van der Waals surface area contributed by atoms with Gasteiger partial charge in [0.25, 0.3) is 0 Å². The molecule has 2 aliphatic heterocycles. The molecule has 2 amide bonds. The Balaban J connectivity index is 1.51. The zero-order valence-corrected chi connectivity index (χ0v) is 14.5. The maximum Gasteiger partial charge on any atom is 0.240 e. The molecule has 1 aromatic carbocycles. The Labute approximate surface area is 144 Å². The number of hydrogen-bond donors (Lipinski definition) is 0. The van der Waals surface area contributed by atoms with E-state index in [0.717, 1.165) is 51.1 Å². The van der Waals surface area contributed by atoms with Gasteiger partial charge in [-0.1, -0.05) is 18.2 Å². The van der Waals surface area contributed by atoms with Gasteiger partial charge in [0.2, 0.25) is 11.8 Å². The summed E-state index contributed by atoms with van der Waals surface area (Å²) in [4.78, 5) is 30.3. The van der Waals surface area contributed by atoms with E-state index >= 15 is 0 Å². The molecule has 24 heavy (non-hydrogen) atoms. The van der Waals surface area contributed by atoms with Crippen molar-refractivity contribution in [1.82, 2.24) is 9.80 Å². The van der Waals surface area contributed by atoms with Crippen molar-refractivity contribution in [2.24, 2.45) is 5.92 Å². The molecule has 0 saturated carbocycles. The summed E-state index contributed by atoms with van der Waals surface area (Å²) >= 11 is 0. The Morgan fingerprint density at radius 2 is 2.00 bits per heavy atom. The molecule has 2 fully saturated rings. The fourth-order valence-corrected chi connectivity index (χ4v) is 3.75. The van der Waals surface area contributed by atoms with Crippen molar-refractivity contribution in [3.8, 4) is 0 Å². The maximum absolute atomic E-state index is 12.5. The largest absolute Gasteiger partial charge is 0.342 e. The van der Waals surface area contributed by atoms with Crippen LogP contribution in [0.15, 0.2) is 30.3 Å². The van der Waals surface area contributed by atoms with Crippen molar-refractivity contribution in [2.75, 3.05) is 44.7 Å². The summed E-state index contributed by atoms with van der Waals surface area (Å²) in [5, 5.41) is 0. The minimum Gasteiger partial charge on any atom is -0.342 e. The van der Waals surface area contributed by atoms with Crippen LogP contribution in [-0.4, -0.2) is 61.4 Å². The van der Waals surface area contributed by atoms with Crippen LogP contribution in [0.2, 0.25) is 0 Å². The van der Waals surface area contributed by atoms with Crippen molar-refractivity contribution >= 4 is 17.5 Å². The smallest absolute Gasteiger partial charge is 0.240 e. The van der Waals surface area contributed by atoms with Gasteiger partial charge in [-0.3, -0.25) is 14.5 Å². The number of benzene rings is 1. The predicted molar refractivity (Wildman–Crippen MR) is 94.8 cm³/mol. The SMILES string of the molecule is CN(C(=O)CN1CCCC(CN2CCCC2=O)C1)c1ccccc1. The van der Waals surface area contributed by atoms with E-state index in [4.69, 9.17) is 0 Å². The number of anilines is 1. The van der Waals surface area contributed by atoms with Gasteiger partial charge in [-0.25, -0.2) is 0 Å². The van der Waals surface area contributed by atoms with Crippen molar-refractivity contribution in [1.29, 1.82) is 0 Å². The Kier molecular flexibility index (Phi) is 5.51. The first-order valence-electron chi connectivity index (χ1n) is 8.95. The number of amides is 2. The highest BCUT2D eigenvalue weighted by Crippen LogP contribution is 2.21. The number of likely N-dealkylation sites (tertiary alicyclic amines) is 2. The number of likely N-dealkylation sites (N-methyl/N-ethyl adjacent to an activating group) is 1. The molecule has 0 aromatic heterocycles. The number of piperidine rings is 1. The molecule has 3 rings (SSSR count). The average Bonchev–Trinajstić information content (AvgIpc) is 3.00. The molecular weight excluding hydrogens is 302 g/mol. The lowest BCUT2D eigenvalue weighted by atomic mass is 9.97. The molecule has 1 atom stereocenters. The second kappa shape index (κ2) is 7.79. The molecule has 1 aromatic rings. The standard InChI is InChI=1S/C19H27N3O2/c1-20(17-8-3-2-4-9-17)19(24)15-21-11-5-7-16(13-21)14-22-12-6-10-18(22)23/h2-4,8-9,16H,5-7,10-15H2,1H3. The molecule has 0 aliphatic carbocycles. The summed E-state index contributed by atoms with van der Waals surface area (Å²) in [5.74, 6) is 0.918. The van der Waals surface area contributed by atoms with E-state index in [1.807, 2.05) is 42.3 Å². The average molecular weight is 329 g/mol. The Bertz CT molecular complexity index is 575. The normalized spacial score (nSPS) is 22.0. The molecule has 0 radical (unpaired) electrons. The third-order valence-corrected chi connectivity index (χ3v) is 5.13. The predicted octanol–water partition coefficient (Wildman–Crippen LogP) is 1.98. The minimum atomic E-state index is 0.124. The first kappa shape index (κ1) is 17.0. The number of carbonyl (C=O) groups is 2. The quantitative estimate of drug-likeness (QED) is 0.830. The van der Waals surface area contributed by atoms with E-state index in [2.05, 4.69) is 4.90 Å². The number of carbonyl (C=O) groups excluding carboxylic acids is 2. The summed E-state index contributed by atoms with van der Waals surface area (Å²) < 4.78 is 0. The maximum atomic E-state index is 12.5. The topological polar surface area (TPSA) is 43.9 Å². The molecule has 0 spiro atoms. The Morgan fingerprint density at radius 3 is 2.71 bits per heavy atom. The lowest BCUT2D eigenvalue weighted by Crippen LogP contribution is -2.45. The van der Waals surface area contributed by atoms with E-state index in [1.165, 1.54) is 0 Å². The highest BCUT2D eigenvalue weighted by atomic mass is 16.2. The monoisotopic (exact) mass is 329 g/mol. The van der Waals surface area contributed by atoms with Crippen molar-refractivity contribution in [3.05, 3.63) is 30.3 Å². The van der Waals surface area contributed by atoms with Gasteiger partial charge in [0, 0.05) is 38.8 Å². The molecule has 2 aliphatic rings. The van der Waals surface area contributed by atoms with Crippen LogP contribution in [0.1, 0.15) is 25.7 Å². The zero-order chi connectivity index (χ0) is 16.9. The van der Waals surface area contributed by atoms with Crippen LogP contribution in [0.5, 0.6) is 0 Å². The number of rotatable bonds is 5. The van der Waals surface area contributed by atoms with Gasteiger partial charge in [0.1, 0.15) is 0 Å². The van der Waals surface area contributed by atoms with Crippen LogP contribution in [0.25, 0.3) is 0 Å². The molecule has 0 N–H and O–H groups in total. The first-order chi connectivity index (χ1) is 11.6. The highest BCUT2D eigenvalue weighted by molar-refractivity contribution is 5.94. The first-order valence-corrected chi connectivity index (χ1v) is 8.95. The number of para-hydroxylation sites is 1. The fourth-order valence-electron chi connectivity index (χ4n) is 3.75. The van der Waals surface area contributed by atoms with Crippen molar-refractivity contribution < 1.29 is 9.59 Å². The molecule has 130 valence electrons. The third-order valence-electron chi connectivity index (χ3n) is 5.13. The summed E-state index contributed by atoms with van der Waals surface area (Å²) in [7, 11) is 1.84. The van der Waals surface area contributed by atoms with E-state index in [-0.39, 0.29) is 5.91 Å². The van der Waals surface area contributed by atoms with Crippen LogP contribution in [0, 0.1) is 5.92 Å². The van der Waals surface area contributed by atoms with Crippen molar-refractivity contribution in [2.45, 2.75) is 25.7 Å². The Morgan fingerprint density at radius 1 is 1.21 bits per heavy atom. The van der Waals surface area contributed by atoms with Gasteiger partial charge in [-0.05, 0) is 43.9 Å². The fraction of sp³-hybridized carbons (Fsp3) is 0.579. The second-order valence-electron chi connectivity index (χ2n) is 6.97. The van der Waals surface area contributed by atoms with E-state index in [1.54, 1.807) is 4.90 Å². The molecule has 0 bridgehead atoms. The van der Waals surface area contributed by atoms with Gasteiger partial charge in [-0.2, -0.15) is 0 Å². The summed E-state index contributed by atoms with van der Waals surface area (Å²) in [6.45, 7) is 4.11. The van der Waals surface area contributed by atoms with Crippen LogP contribution in [0.3, 0.4) is 0 Å². The highest BCUT2D eigenvalue weighted by Gasteiger charge is 2.27. The lowest BCUT2D eigenvalue weighted by molar-refractivity contribution is -0.128. The third kappa shape index (κ3) is 4.15. The molecular formula is C19H27N3O2. The summed E-state index contributed by atoms with van der Waals surface area (Å²) in [5.41, 5.74) is 0.929. The van der Waals surface area contributed by atoms with Crippen LogP contribution in [0.4, 0.5) is 5.69 Å². The molecule has 2 saturated heterocycles. The lowest BCUT2D eigenvalue weighted by Gasteiger charge is -2.35. The zero-order valence-electron chi connectivity index (χ0n) is 14.5. The van der Waals surface area contributed by atoms with Gasteiger partial charge in [-0.15, -0.1) is 0 Å². The number of nitrogens with zero attached hydrogens (tertiary/aromatic N) is 3. The van der Waals surface area contributed by atoms with Gasteiger partial charge < -0.3 is 9.80 Å². The van der Waals surface area contributed by atoms with Gasteiger partial charge >= 0.3 is 0 Å². The van der Waals surface area contributed by atoms with Crippen LogP contribution >= 0.6 is 0 Å². The summed E-state index contributed by atoms with van der Waals surface area (Å²) in [6.07, 6.45) is 3.96. The molecule has 2 heterocycles. The van der Waals surface area contributed by atoms with Gasteiger partial charge in [0.05, 0.1) is 6.54 Å². The van der Waals surface area contributed by atoms with Crippen molar-refractivity contribution in [3.63, 3.8) is 0 Å². The number of hydrogen-bond acceptors (Lipinski definition) is 3. The Hall–Kier alpha value is -1.88.